The zero-order valence-electron chi connectivity index (χ0n) is 13.2. The van der Waals surface area contributed by atoms with Crippen LogP contribution in [0.1, 0.15) is 6.42 Å². The van der Waals surface area contributed by atoms with Crippen molar-refractivity contribution < 1.29 is 19.1 Å². The molecule has 7 heteroatoms. The summed E-state index contributed by atoms with van der Waals surface area (Å²) in [6, 6.07) is 5.98. The Kier molecular flexibility index (Phi) is 6.06. The third-order valence-corrected chi connectivity index (χ3v) is 4.06. The van der Waals surface area contributed by atoms with Gasteiger partial charge >= 0.3 is 5.97 Å². The number of carboxylic acids is 1. The Balaban J connectivity index is 1.86. The third-order valence-electron chi connectivity index (χ3n) is 4.06. The summed E-state index contributed by atoms with van der Waals surface area (Å²) in [4.78, 5) is 26.8. The van der Waals surface area contributed by atoms with Gasteiger partial charge in [0.05, 0.1) is 24.7 Å². The second kappa shape index (κ2) is 8.03. The first-order chi connectivity index (χ1) is 11.0. The number of ketones is 1. The number of nitrogens with zero attached hydrogens (tertiary/aromatic N) is 2. The maximum absolute atomic E-state index is 13.8. The van der Waals surface area contributed by atoms with Crippen LogP contribution in [-0.2, 0) is 9.59 Å². The Hall–Kier alpha value is -1.99. The lowest BCUT2D eigenvalue weighted by Crippen LogP contribution is -2.50. The van der Waals surface area contributed by atoms with E-state index in [1.54, 1.807) is 25.2 Å². The lowest BCUT2D eigenvalue weighted by Gasteiger charge is -2.36. The Morgan fingerprint density at radius 2 is 1.91 bits per heavy atom. The normalized spacial score (nSPS) is 17.0. The minimum atomic E-state index is -0.998. The molecular weight excluding hydrogens is 301 g/mol. The molecule has 23 heavy (non-hydrogen) atoms. The summed E-state index contributed by atoms with van der Waals surface area (Å²) in [5.74, 6) is -1.37. The molecular formula is C16H22FN3O3. The highest BCUT2D eigenvalue weighted by atomic mass is 19.1. The summed E-state index contributed by atoms with van der Waals surface area (Å²) in [6.45, 7) is 2.77. The Labute approximate surface area is 134 Å². The fourth-order valence-electron chi connectivity index (χ4n) is 2.74. The predicted molar refractivity (Wildman–Crippen MR) is 85.2 cm³/mol. The molecule has 1 saturated heterocycles. The van der Waals surface area contributed by atoms with Crippen LogP contribution < -0.4 is 10.2 Å². The number of benzene rings is 1. The summed E-state index contributed by atoms with van der Waals surface area (Å²) in [7, 11) is 1.58. The molecule has 126 valence electrons. The molecule has 1 atom stereocenters. The van der Waals surface area contributed by atoms with Crippen LogP contribution in [-0.4, -0.2) is 67.6 Å². The van der Waals surface area contributed by atoms with Gasteiger partial charge in [-0.25, -0.2) is 4.39 Å². The topological polar surface area (TPSA) is 72.9 Å². The van der Waals surface area contributed by atoms with Crippen LogP contribution in [0.2, 0.25) is 0 Å². The molecule has 0 saturated carbocycles. The number of hydrogen-bond acceptors (Lipinski definition) is 5. The van der Waals surface area contributed by atoms with E-state index in [2.05, 4.69) is 5.32 Å². The van der Waals surface area contributed by atoms with E-state index in [1.165, 1.54) is 6.07 Å². The molecule has 0 aromatic heterocycles. The Morgan fingerprint density at radius 1 is 1.26 bits per heavy atom. The molecule has 2 rings (SSSR count). The van der Waals surface area contributed by atoms with Crippen molar-refractivity contribution in [3.8, 4) is 0 Å². The molecule has 1 aromatic carbocycles. The van der Waals surface area contributed by atoms with Gasteiger partial charge in [0.25, 0.3) is 0 Å². The second-order valence-corrected chi connectivity index (χ2v) is 5.62. The van der Waals surface area contributed by atoms with Gasteiger partial charge in [-0.2, -0.15) is 0 Å². The summed E-state index contributed by atoms with van der Waals surface area (Å²) >= 11 is 0. The van der Waals surface area contributed by atoms with Crippen LogP contribution in [0.4, 0.5) is 10.1 Å². The average Bonchev–Trinajstić information content (AvgIpc) is 2.53. The first-order valence-electron chi connectivity index (χ1n) is 7.65. The Bertz CT molecular complexity index is 559. The minimum absolute atomic E-state index is 0.130. The molecule has 0 radical (unpaired) electrons. The number of carboxylic acid groups (broad SMARTS) is 1. The number of para-hydroxylation sites is 1. The fourth-order valence-corrected chi connectivity index (χ4v) is 2.74. The van der Waals surface area contributed by atoms with Crippen molar-refractivity contribution in [3.05, 3.63) is 30.1 Å². The molecule has 1 fully saturated rings. The van der Waals surface area contributed by atoms with Crippen LogP contribution >= 0.6 is 0 Å². The van der Waals surface area contributed by atoms with Crippen LogP contribution in [0, 0.1) is 5.82 Å². The van der Waals surface area contributed by atoms with Crippen molar-refractivity contribution in [1.29, 1.82) is 0 Å². The highest BCUT2D eigenvalue weighted by molar-refractivity contribution is 5.89. The quantitative estimate of drug-likeness (QED) is 0.765. The van der Waals surface area contributed by atoms with E-state index in [-0.39, 0.29) is 24.6 Å². The van der Waals surface area contributed by atoms with Crippen molar-refractivity contribution in [2.75, 3.05) is 44.7 Å². The molecule has 6 nitrogen and oxygen atoms in total. The molecule has 0 aliphatic carbocycles. The fraction of sp³-hybridized carbons (Fsp3) is 0.500. The zero-order chi connectivity index (χ0) is 16.8. The number of aliphatic carboxylic acids is 1. The summed E-state index contributed by atoms with van der Waals surface area (Å²) in [6.07, 6.45) is -0.218. The number of Topliss-reactive ketones (excluding diaryl/α,β-unsaturated/α-hetero) is 1. The van der Waals surface area contributed by atoms with Crippen LogP contribution in [0.5, 0.6) is 0 Å². The van der Waals surface area contributed by atoms with Gasteiger partial charge in [0, 0.05) is 26.2 Å². The van der Waals surface area contributed by atoms with Gasteiger partial charge in [-0.1, -0.05) is 12.1 Å². The molecule has 1 aromatic rings. The lowest BCUT2D eigenvalue weighted by atomic mass is 10.1. The number of piperazine rings is 1. The number of carbonyl (C=O) groups excluding carboxylic acids is 1. The van der Waals surface area contributed by atoms with Gasteiger partial charge in [0.2, 0.25) is 0 Å². The first-order valence-corrected chi connectivity index (χ1v) is 7.65. The standard InChI is InChI=1S/C16H22FN3O3/c1-18-13(10-16(22)23)15(21)11-19-6-8-20(9-7-19)14-5-3-2-4-12(14)17/h2-5,13,18H,6-11H2,1H3,(H,22,23)/t13-/m0/s1. The number of nitrogens with one attached hydrogen (secondary N) is 1. The summed E-state index contributed by atoms with van der Waals surface area (Å²) in [5.41, 5.74) is 0.581. The SMILES string of the molecule is CN[C@@H](CC(=O)O)C(=O)CN1CCN(c2ccccc2F)CC1. The summed E-state index contributed by atoms with van der Waals surface area (Å²) in [5, 5.41) is 11.6. The van der Waals surface area contributed by atoms with E-state index in [0.717, 1.165) is 0 Å². The predicted octanol–water partition coefficient (Wildman–Crippen LogP) is 0.580. The lowest BCUT2D eigenvalue weighted by molar-refractivity contribution is -0.139. The van der Waals surface area contributed by atoms with E-state index in [0.29, 0.717) is 31.9 Å². The number of likely N-dealkylation sites (N-methyl/N-ethyl adjacent to an activating group) is 1. The highest BCUT2D eigenvalue weighted by Crippen LogP contribution is 2.20. The maximum atomic E-state index is 13.8. The largest absolute Gasteiger partial charge is 0.481 e. The number of hydrogen-bond donors (Lipinski definition) is 2. The number of carbonyl (C=O) groups is 2. The minimum Gasteiger partial charge on any atom is -0.481 e. The molecule has 1 aliphatic heterocycles. The molecule has 1 aliphatic rings. The van der Waals surface area contributed by atoms with E-state index in [1.807, 2.05) is 9.80 Å². The Morgan fingerprint density at radius 3 is 2.48 bits per heavy atom. The van der Waals surface area contributed by atoms with Crippen molar-refractivity contribution in [3.63, 3.8) is 0 Å². The van der Waals surface area contributed by atoms with E-state index >= 15 is 0 Å². The van der Waals surface area contributed by atoms with Crippen molar-refractivity contribution in [2.24, 2.45) is 0 Å². The van der Waals surface area contributed by atoms with Gasteiger partial charge in [0.15, 0.2) is 5.78 Å². The number of halogens is 1. The molecule has 0 spiro atoms. The van der Waals surface area contributed by atoms with Crippen LogP contribution in [0.25, 0.3) is 0 Å². The van der Waals surface area contributed by atoms with Gasteiger partial charge < -0.3 is 15.3 Å². The van der Waals surface area contributed by atoms with Gasteiger partial charge in [0.1, 0.15) is 5.82 Å². The van der Waals surface area contributed by atoms with Crippen molar-refractivity contribution in [1.82, 2.24) is 10.2 Å². The summed E-state index contributed by atoms with van der Waals surface area (Å²) < 4.78 is 13.8. The molecule has 1 heterocycles. The van der Waals surface area contributed by atoms with Crippen LogP contribution in [0.15, 0.2) is 24.3 Å². The van der Waals surface area contributed by atoms with Crippen LogP contribution in [0.3, 0.4) is 0 Å². The van der Waals surface area contributed by atoms with E-state index in [4.69, 9.17) is 5.11 Å². The van der Waals surface area contributed by atoms with E-state index < -0.39 is 12.0 Å². The zero-order valence-corrected chi connectivity index (χ0v) is 13.2. The van der Waals surface area contributed by atoms with E-state index in [9.17, 15) is 14.0 Å². The van der Waals surface area contributed by atoms with Crippen molar-refractivity contribution in [2.45, 2.75) is 12.5 Å². The molecule has 0 unspecified atom stereocenters. The second-order valence-electron chi connectivity index (χ2n) is 5.62. The maximum Gasteiger partial charge on any atom is 0.305 e. The van der Waals surface area contributed by atoms with Gasteiger partial charge in [-0.3, -0.25) is 14.5 Å². The average molecular weight is 323 g/mol. The first kappa shape index (κ1) is 17.4. The van der Waals surface area contributed by atoms with Gasteiger partial charge in [-0.15, -0.1) is 0 Å². The molecule has 2 N–H and O–H groups in total. The number of anilines is 1. The highest BCUT2D eigenvalue weighted by Gasteiger charge is 2.25. The monoisotopic (exact) mass is 323 g/mol. The smallest absolute Gasteiger partial charge is 0.305 e. The van der Waals surface area contributed by atoms with Crippen molar-refractivity contribution >= 4 is 17.4 Å². The number of rotatable bonds is 7. The molecule has 0 amide bonds. The third kappa shape index (κ3) is 4.74. The van der Waals surface area contributed by atoms with Gasteiger partial charge in [-0.05, 0) is 19.2 Å². The molecule has 0 bridgehead atoms.